The minimum Gasteiger partial charge on any atom is -0.388 e. The van der Waals surface area contributed by atoms with Crippen molar-refractivity contribution in [3.8, 4) is 0 Å². The average molecular weight is 329 g/mol. The lowest BCUT2D eigenvalue weighted by atomic mass is 9.92. The minimum atomic E-state index is -4.42. The molecule has 0 spiro atoms. The lowest BCUT2D eigenvalue weighted by Crippen LogP contribution is -2.45. The molecule has 0 radical (unpaired) electrons. The predicted molar refractivity (Wildman–Crippen MR) is 80.9 cm³/mol. The van der Waals surface area contributed by atoms with Crippen molar-refractivity contribution < 1.29 is 23.1 Å². The van der Waals surface area contributed by atoms with Crippen molar-refractivity contribution in [1.82, 2.24) is 5.32 Å². The zero-order valence-electron chi connectivity index (χ0n) is 13.3. The highest BCUT2D eigenvalue weighted by Gasteiger charge is 2.52. The Bertz CT molecular complexity index is 575. The lowest BCUT2D eigenvalue weighted by molar-refractivity contribution is -0.137. The average Bonchev–Trinajstić information content (AvgIpc) is 3.33. The molecule has 1 aliphatic rings. The molecule has 0 bridgehead atoms. The number of aliphatic hydroxyl groups is 1. The molecular weight excluding hydrogens is 307 g/mol. The van der Waals surface area contributed by atoms with E-state index in [2.05, 4.69) is 5.32 Å². The van der Waals surface area contributed by atoms with Crippen LogP contribution >= 0.6 is 0 Å². The van der Waals surface area contributed by atoms with Gasteiger partial charge in [-0.2, -0.15) is 13.2 Å². The Balaban J connectivity index is 2.15. The van der Waals surface area contributed by atoms with Crippen LogP contribution in [-0.2, 0) is 16.4 Å². The highest BCUT2D eigenvalue weighted by molar-refractivity contribution is 5.91. The van der Waals surface area contributed by atoms with Crippen LogP contribution in [0.3, 0.4) is 0 Å². The van der Waals surface area contributed by atoms with E-state index in [1.54, 1.807) is 6.07 Å². The highest BCUT2D eigenvalue weighted by Crippen LogP contribution is 2.49. The standard InChI is InChI=1S/C17H22F3NO2/c1-3-15(23,4-2)11-21-14(22)16(8-9-16)12-6-5-7-13(10-12)17(18,19)20/h5-7,10,23H,3-4,8-9,11H2,1-2H3,(H,21,22). The predicted octanol–water partition coefficient (Wildman–Crippen LogP) is 3.40. The number of rotatable bonds is 6. The number of halogens is 3. The van der Waals surface area contributed by atoms with E-state index in [-0.39, 0.29) is 12.5 Å². The number of carbonyl (C=O) groups is 1. The Kier molecular flexibility index (Phi) is 4.76. The zero-order valence-corrected chi connectivity index (χ0v) is 13.3. The fourth-order valence-electron chi connectivity index (χ4n) is 2.68. The third-order valence-corrected chi connectivity index (χ3v) is 4.82. The van der Waals surface area contributed by atoms with E-state index >= 15 is 0 Å². The maximum Gasteiger partial charge on any atom is 0.416 e. The van der Waals surface area contributed by atoms with E-state index < -0.39 is 22.8 Å². The van der Waals surface area contributed by atoms with Gasteiger partial charge < -0.3 is 10.4 Å². The maximum absolute atomic E-state index is 12.8. The summed E-state index contributed by atoms with van der Waals surface area (Å²) in [4.78, 5) is 12.5. The Morgan fingerprint density at radius 2 is 1.87 bits per heavy atom. The van der Waals surface area contributed by atoms with E-state index in [4.69, 9.17) is 0 Å². The summed E-state index contributed by atoms with van der Waals surface area (Å²) < 4.78 is 38.5. The second kappa shape index (κ2) is 6.15. The van der Waals surface area contributed by atoms with E-state index in [0.717, 1.165) is 12.1 Å². The van der Waals surface area contributed by atoms with E-state index in [9.17, 15) is 23.1 Å². The summed E-state index contributed by atoms with van der Waals surface area (Å²) >= 11 is 0. The molecule has 1 aromatic carbocycles. The first-order valence-corrected chi connectivity index (χ1v) is 7.85. The summed E-state index contributed by atoms with van der Waals surface area (Å²) in [6.45, 7) is 3.77. The first-order valence-electron chi connectivity index (χ1n) is 7.85. The van der Waals surface area contributed by atoms with Gasteiger partial charge in [-0.15, -0.1) is 0 Å². The molecule has 1 amide bonds. The van der Waals surface area contributed by atoms with Crippen LogP contribution < -0.4 is 5.32 Å². The van der Waals surface area contributed by atoms with Gasteiger partial charge in [-0.25, -0.2) is 0 Å². The number of nitrogens with one attached hydrogen (secondary N) is 1. The molecular formula is C17H22F3NO2. The largest absolute Gasteiger partial charge is 0.416 e. The Labute approximate surface area is 133 Å². The van der Waals surface area contributed by atoms with E-state index in [1.807, 2.05) is 13.8 Å². The van der Waals surface area contributed by atoms with Crippen LogP contribution in [0.1, 0.15) is 50.7 Å². The molecule has 0 atom stereocenters. The second-order valence-electron chi connectivity index (χ2n) is 6.27. The number of carbonyl (C=O) groups excluding carboxylic acids is 1. The molecule has 0 heterocycles. The lowest BCUT2D eigenvalue weighted by Gasteiger charge is -2.27. The van der Waals surface area contributed by atoms with Crippen LogP contribution in [0.25, 0.3) is 0 Å². The van der Waals surface area contributed by atoms with Crippen LogP contribution in [0.4, 0.5) is 13.2 Å². The SMILES string of the molecule is CCC(O)(CC)CNC(=O)C1(c2cccc(C(F)(F)F)c2)CC1. The fourth-order valence-corrected chi connectivity index (χ4v) is 2.68. The molecule has 23 heavy (non-hydrogen) atoms. The van der Waals surface area contributed by atoms with Crippen molar-refractivity contribution in [2.24, 2.45) is 0 Å². The summed E-state index contributed by atoms with van der Waals surface area (Å²) in [6, 6.07) is 4.95. The first kappa shape index (κ1) is 17.8. The molecule has 0 unspecified atom stereocenters. The number of alkyl halides is 3. The Morgan fingerprint density at radius 1 is 1.26 bits per heavy atom. The number of benzene rings is 1. The minimum absolute atomic E-state index is 0.111. The second-order valence-corrected chi connectivity index (χ2v) is 6.27. The Morgan fingerprint density at radius 3 is 2.35 bits per heavy atom. The van der Waals surface area contributed by atoms with Gasteiger partial charge in [0.15, 0.2) is 0 Å². The summed E-state index contributed by atoms with van der Waals surface area (Å²) in [6.07, 6.45) is -2.37. The molecule has 1 aliphatic carbocycles. The molecule has 1 saturated carbocycles. The molecule has 1 fully saturated rings. The maximum atomic E-state index is 12.8. The molecule has 6 heteroatoms. The molecule has 0 saturated heterocycles. The van der Waals surface area contributed by atoms with Gasteiger partial charge in [-0.3, -0.25) is 4.79 Å². The monoisotopic (exact) mass is 329 g/mol. The third-order valence-electron chi connectivity index (χ3n) is 4.82. The van der Waals surface area contributed by atoms with Crippen molar-refractivity contribution in [2.75, 3.05) is 6.54 Å². The highest BCUT2D eigenvalue weighted by atomic mass is 19.4. The normalized spacial score (nSPS) is 17.0. The van der Waals surface area contributed by atoms with Crippen LogP contribution in [0.5, 0.6) is 0 Å². The number of hydrogen-bond donors (Lipinski definition) is 2. The molecule has 1 aromatic rings. The number of hydrogen-bond acceptors (Lipinski definition) is 2. The van der Waals surface area contributed by atoms with Crippen molar-refractivity contribution in [1.29, 1.82) is 0 Å². The quantitative estimate of drug-likeness (QED) is 0.840. The molecule has 3 nitrogen and oxygen atoms in total. The van der Waals surface area contributed by atoms with Gasteiger partial charge in [-0.05, 0) is 37.3 Å². The van der Waals surface area contributed by atoms with Crippen molar-refractivity contribution in [3.05, 3.63) is 35.4 Å². The Hall–Kier alpha value is -1.56. The third kappa shape index (κ3) is 3.68. The summed E-state index contributed by atoms with van der Waals surface area (Å²) in [5, 5.41) is 12.9. The summed E-state index contributed by atoms with van der Waals surface area (Å²) in [5.74, 6) is -0.308. The zero-order chi connectivity index (χ0) is 17.3. The molecule has 128 valence electrons. The molecule has 0 aliphatic heterocycles. The van der Waals surface area contributed by atoms with E-state index in [0.29, 0.717) is 31.2 Å². The molecule has 2 rings (SSSR count). The van der Waals surface area contributed by atoms with E-state index in [1.165, 1.54) is 6.07 Å². The van der Waals surface area contributed by atoms with Crippen molar-refractivity contribution in [2.45, 2.75) is 56.7 Å². The van der Waals surface area contributed by atoms with Gasteiger partial charge in [0.2, 0.25) is 5.91 Å². The smallest absolute Gasteiger partial charge is 0.388 e. The molecule has 2 N–H and O–H groups in total. The summed E-state index contributed by atoms with van der Waals surface area (Å²) in [5.41, 5.74) is -2.21. The van der Waals surface area contributed by atoms with Gasteiger partial charge in [0.05, 0.1) is 16.6 Å². The van der Waals surface area contributed by atoms with Crippen LogP contribution in [0.2, 0.25) is 0 Å². The van der Waals surface area contributed by atoms with Crippen molar-refractivity contribution in [3.63, 3.8) is 0 Å². The molecule has 0 aromatic heterocycles. The van der Waals surface area contributed by atoms with Crippen LogP contribution in [-0.4, -0.2) is 23.2 Å². The van der Waals surface area contributed by atoms with Gasteiger partial charge >= 0.3 is 6.18 Å². The van der Waals surface area contributed by atoms with Gasteiger partial charge in [0.1, 0.15) is 0 Å². The van der Waals surface area contributed by atoms with Crippen LogP contribution in [0, 0.1) is 0 Å². The first-order chi connectivity index (χ1) is 10.7. The van der Waals surface area contributed by atoms with Gasteiger partial charge in [0, 0.05) is 6.54 Å². The van der Waals surface area contributed by atoms with Crippen molar-refractivity contribution >= 4 is 5.91 Å². The fraction of sp³-hybridized carbons (Fsp3) is 0.588. The van der Waals surface area contributed by atoms with Crippen LogP contribution in [0.15, 0.2) is 24.3 Å². The number of amides is 1. The van der Waals surface area contributed by atoms with Gasteiger partial charge in [0.25, 0.3) is 0 Å². The topological polar surface area (TPSA) is 49.3 Å². The summed E-state index contributed by atoms with van der Waals surface area (Å²) in [7, 11) is 0. The van der Waals surface area contributed by atoms with Gasteiger partial charge in [-0.1, -0.05) is 32.0 Å².